The monoisotopic (exact) mass is 308 g/mol. The molecule has 1 aliphatic heterocycles. The van der Waals surface area contributed by atoms with Crippen LogP contribution in [-0.4, -0.2) is 29.8 Å². The first-order valence-corrected chi connectivity index (χ1v) is 6.63. The average Bonchev–Trinajstić information content (AvgIpc) is 2.70. The van der Waals surface area contributed by atoms with Gasteiger partial charge in [-0.25, -0.2) is 0 Å². The molecule has 0 aromatic carbocycles. The van der Waals surface area contributed by atoms with Gasteiger partial charge in [-0.05, 0) is 6.42 Å². The summed E-state index contributed by atoms with van der Waals surface area (Å²) < 4.78 is 68.3. The number of rotatable bonds is 2. The molecule has 1 amide bonds. The first-order valence-electron chi connectivity index (χ1n) is 5.19. The minimum atomic E-state index is -5.06. The number of halogens is 3. The number of amides is 1. The van der Waals surface area contributed by atoms with E-state index >= 15 is 0 Å². The number of alkyl halides is 3. The molecule has 0 radical (unpaired) electrons. The number of azo groups is 1. The molecule has 1 aliphatic carbocycles. The van der Waals surface area contributed by atoms with Crippen molar-refractivity contribution in [2.24, 2.45) is 10.2 Å². The van der Waals surface area contributed by atoms with Crippen LogP contribution in [0.4, 0.5) is 13.2 Å². The average molecular weight is 308 g/mol. The maximum absolute atomic E-state index is 12.8. The first kappa shape index (κ1) is 14.6. The molecule has 0 spiro atoms. The number of hydrogen-bond donors (Lipinski definition) is 1. The molecule has 0 fully saturated rings. The van der Waals surface area contributed by atoms with Crippen molar-refractivity contribution in [1.82, 2.24) is 0 Å². The van der Waals surface area contributed by atoms with Crippen LogP contribution < -0.4 is 0 Å². The molecule has 0 aromatic rings. The number of allylic oxidation sites excluding steroid dienone is 4. The summed E-state index contributed by atoms with van der Waals surface area (Å²) in [6, 6.07) is 0. The van der Waals surface area contributed by atoms with E-state index in [4.69, 9.17) is 0 Å². The highest BCUT2D eigenvalue weighted by Gasteiger charge is 2.55. The summed E-state index contributed by atoms with van der Waals surface area (Å²) >= 11 is 0. The van der Waals surface area contributed by atoms with Crippen molar-refractivity contribution in [3.05, 3.63) is 35.6 Å². The van der Waals surface area contributed by atoms with Gasteiger partial charge in [-0.2, -0.15) is 21.6 Å². The normalized spacial score (nSPS) is 26.7. The van der Waals surface area contributed by atoms with E-state index in [2.05, 4.69) is 10.2 Å². The van der Waals surface area contributed by atoms with E-state index in [1.54, 1.807) is 0 Å². The van der Waals surface area contributed by atoms with E-state index in [0.717, 1.165) is 12.2 Å². The highest BCUT2D eigenvalue weighted by Crippen LogP contribution is 2.44. The molecule has 0 saturated carbocycles. The molecule has 1 N–H and O–H groups in total. The summed E-state index contributed by atoms with van der Waals surface area (Å²) in [7, 11) is -5.03. The Kier molecular flexibility index (Phi) is 3.17. The predicted octanol–water partition coefficient (Wildman–Crippen LogP) is 1.94. The largest absolute Gasteiger partial charge is 0.435 e. The third kappa shape index (κ3) is 2.10. The number of nitrogens with zero attached hydrogens (tertiary/aromatic N) is 2. The summed E-state index contributed by atoms with van der Waals surface area (Å²) in [6.45, 7) is 0. The lowest BCUT2D eigenvalue weighted by Crippen LogP contribution is -2.42. The molecule has 6 nitrogen and oxygen atoms in total. The lowest BCUT2D eigenvalue weighted by molar-refractivity contribution is -0.115. The van der Waals surface area contributed by atoms with Gasteiger partial charge >= 0.3 is 6.18 Å². The molecular weight excluding hydrogens is 301 g/mol. The third-order valence-corrected chi connectivity index (χ3v) is 4.30. The summed E-state index contributed by atoms with van der Waals surface area (Å²) in [6.07, 6.45) is -1.03. The standard InChI is InChI=1S/C10H7F3N2O4S/c11-10(12,13)7-6(8(16)15-14-7)9(20(17,18)19)4-2-1-3-5-9/h1-4H,5H2,(H,17,18,19). The second-order valence-electron chi connectivity index (χ2n) is 4.08. The van der Waals surface area contributed by atoms with Crippen LogP contribution in [0.3, 0.4) is 0 Å². The Labute approximate surface area is 111 Å². The van der Waals surface area contributed by atoms with E-state index in [9.17, 15) is 30.9 Å². The Hall–Kier alpha value is -1.81. The van der Waals surface area contributed by atoms with Crippen LogP contribution in [0, 0.1) is 0 Å². The topological polar surface area (TPSA) is 96.2 Å². The zero-order chi connectivity index (χ0) is 15.2. The van der Waals surface area contributed by atoms with Gasteiger partial charge in [0, 0.05) is 0 Å². The Morgan fingerprint density at radius 1 is 1.25 bits per heavy atom. The summed E-state index contributed by atoms with van der Waals surface area (Å²) in [5.74, 6) is -1.44. The number of carbonyl (C=O) groups excluding carboxylic acids is 1. The van der Waals surface area contributed by atoms with E-state index in [1.807, 2.05) is 0 Å². The second-order valence-corrected chi connectivity index (χ2v) is 5.76. The van der Waals surface area contributed by atoms with Crippen molar-refractivity contribution in [3.63, 3.8) is 0 Å². The van der Waals surface area contributed by atoms with Crippen LogP contribution >= 0.6 is 0 Å². The minimum absolute atomic E-state index is 0.520. The van der Waals surface area contributed by atoms with Gasteiger partial charge in [0.1, 0.15) is 0 Å². The molecule has 10 heteroatoms. The van der Waals surface area contributed by atoms with Gasteiger partial charge in [0.25, 0.3) is 16.0 Å². The zero-order valence-electron chi connectivity index (χ0n) is 9.63. The quantitative estimate of drug-likeness (QED) is 0.788. The maximum Gasteiger partial charge on any atom is 0.435 e. The van der Waals surface area contributed by atoms with Crippen molar-refractivity contribution < 1.29 is 30.9 Å². The lowest BCUT2D eigenvalue weighted by atomic mass is 9.89. The fraction of sp³-hybridized carbons (Fsp3) is 0.300. The Balaban J connectivity index is 2.76. The summed E-state index contributed by atoms with van der Waals surface area (Å²) in [5, 5.41) is 5.46. The van der Waals surface area contributed by atoms with Gasteiger partial charge in [0.2, 0.25) is 0 Å². The molecule has 0 saturated heterocycles. The molecule has 1 heterocycles. The summed E-state index contributed by atoms with van der Waals surface area (Å²) in [5.41, 5.74) is -2.90. The minimum Gasteiger partial charge on any atom is -0.285 e. The van der Waals surface area contributed by atoms with Crippen LogP contribution in [0.25, 0.3) is 0 Å². The zero-order valence-corrected chi connectivity index (χ0v) is 10.4. The molecular formula is C10H7F3N2O4S. The Bertz CT molecular complexity index is 688. The first-order chi connectivity index (χ1) is 9.09. The van der Waals surface area contributed by atoms with Crippen LogP contribution in [0.5, 0.6) is 0 Å². The SMILES string of the molecule is O=C1N=NC(C(F)(F)F)=C1C1(S(=O)(=O)O)C=CC=CC1. The molecule has 2 rings (SSSR count). The molecule has 2 aliphatic rings. The number of hydrogen-bond acceptors (Lipinski definition) is 4. The van der Waals surface area contributed by atoms with Crippen LogP contribution in [0.2, 0.25) is 0 Å². The van der Waals surface area contributed by atoms with E-state index < -0.39 is 44.6 Å². The molecule has 0 aromatic heterocycles. The van der Waals surface area contributed by atoms with Gasteiger partial charge < -0.3 is 0 Å². The van der Waals surface area contributed by atoms with E-state index in [-0.39, 0.29) is 0 Å². The van der Waals surface area contributed by atoms with E-state index in [0.29, 0.717) is 0 Å². The van der Waals surface area contributed by atoms with Gasteiger partial charge in [-0.15, -0.1) is 10.2 Å². The lowest BCUT2D eigenvalue weighted by Gasteiger charge is -2.28. The van der Waals surface area contributed by atoms with Crippen LogP contribution in [0.1, 0.15) is 6.42 Å². The molecule has 108 valence electrons. The predicted molar refractivity (Wildman–Crippen MR) is 60.1 cm³/mol. The molecule has 20 heavy (non-hydrogen) atoms. The maximum atomic E-state index is 12.8. The van der Waals surface area contributed by atoms with Crippen molar-refractivity contribution in [1.29, 1.82) is 0 Å². The number of carbonyl (C=O) groups is 1. The van der Waals surface area contributed by atoms with Gasteiger partial charge in [0.15, 0.2) is 10.4 Å². The van der Waals surface area contributed by atoms with Crippen LogP contribution in [-0.2, 0) is 14.9 Å². The van der Waals surface area contributed by atoms with Gasteiger partial charge in [-0.1, -0.05) is 24.3 Å². The smallest absolute Gasteiger partial charge is 0.285 e. The highest BCUT2D eigenvalue weighted by molar-refractivity contribution is 7.87. The van der Waals surface area contributed by atoms with Crippen LogP contribution in [0.15, 0.2) is 45.8 Å². The fourth-order valence-corrected chi connectivity index (χ4v) is 2.98. The molecule has 0 bridgehead atoms. The van der Waals surface area contributed by atoms with E-state index in [1.165, 1.54) is 12.2 Å². The van der Waals surface area contributed by atoms with Crippen molar-refractivity contribution >= 4 is 16.0 Å². The van der Waals surface area contributed by atoms with Crippen molar-refractivity contribution in [3.8, 4) is 0 Å². The summed E-state index contributed by atoms with van der Waals surface area (Å²) in [4.78, 5) is 11.5. The second kappa shape index (κ2) is 4.35. The third-order valence-electron chi connectivity index (χ3n) is 2.88. The van der Waals surface area contributed by atoms with Gasteiger partial charge in [0.05, 0.1) is 5.57 Å². The van der Waals surface area contributed by atoms with Crippen molar-refractivity contribution in [2.45, 2.75) is 17.3 Å². The van der Waals surface area contributed by atoms with Gasteiger partial charge in [-0.3, -0.25) is 9.35 Å². The Morgan fingerprint density at radius 2 is 1.90 bits per heavy atom. The highest BCUT2D eigenvalue weighted by atomic mass is 32.2. The molecule has 1 atom stereocenters. The molecule has 1 unspecified atom stereocenters. The Morgan fingerprint density at radius 3 is 2.35 bits per heavy atom. The fourth-order valence-electron chi connectivity index (χ4n) is 1.98. The van der Waals surface area contributed by atoms with Crippen molar-refractivity contribution in [2.75, 3.05) is 0 Å².